The molecule has 128 valence electrons. The van der Waals surface area contributed by atoms with E-state index in [9.17, 15) is 14.4 Å². The van der Waals surface area contributed by atoms with Gasteiger partial charge in [-0.2, -0.15) is 0 Å². The highest BCUT2D eigenvalue weighted by Crippen LogP contribution is 2.19. The Kier molecular flexibility index (Phi) is 4.75. The molecule has 3 rings (SSSR count). The summed E-state index contributed by atoms with van der Waals surface area (Å²) in [6.45, 7) is -0.0172. The number of nitrogens with one attached hydrogen (secondary N) is 1. The van der Waals surface area contributed by atoms with Crippen molar-refractivity contribution in [3.63, 3.8) is 0 Å². The van der Waals surface area contributed by atoms with Gasteiger partial charge in [0.25, 0.3) is 0 Å². The van der Waals surface area contributed by atoms with Crippen LogP contribution in [-0.4, -0.2) is 41.0 Å². The van der Waals surface area contributed by atoms with Crippen LogP contribution >= 0.6 is 0 Å². The zero-order chi connectivity index (χ0) is 17.1. The van der Waals surface area contributed by atoms with Gasteiger partial charge in [0.05, 0.1) is 12.8 Å². The topological polar surface area (TPSA) is 120 Å². The van der Waals surface area contributed by atoms with Crippen LogP contribution in [0.3, 0.4) is 0 Å². The molecule has 8 heteroatoms. The van der Waals surface area contributed by atoms with Gasteiger partial charge in [-0.25, -0.2) is 4.79 Å². The Hall–Kier alpha value is -2.48. The molecular formula is C16H21N4O4+. The van der Waals surface area contributed by atoms with E-state index in [0.717, 1.165) is 30.6 Å². The number of hydrogen-bond donors (Lipinski definition) is 2. The van der Waals surface area contributed by atoms with E-state index in [-0.39, 0.29) is 18.6 Å². The Morgan fingerprint density at radius 3 is 2.83 bits per heavy atom. The molecule has 0 spiro atoms. The number of barbiturate groups is 1. The summed E-state index contributed by atoms with van der Waals surface area (Å²) < 4.78 is 5.16. The molecule has 24 heavy (non-hydrogen) atoms. The van der Waals surface area contributed by atoms with Crippen LogP contribution in [0.5, 0.6) is 0 Å². The van der Waals surface area contributed by atoms with Gasteiger partial charge in [-0.15, -0.1) is 0 Å². The van der Waals surface area contributed by atoms with E-state index < -0.39 is 23.8 Å². The van der Waals surface area contributed by atoms with Crippen molar-refractivity contribution in [3.8, 4) is 0 Å². The van der Waals surface area contributed by atoms with E-state index in [1.807, 2.05) is 0 Å². The number of nitrogens with zero attached hydrogens (tertiary/aromatic N) is 2. The smallest absolute Gasteiger partial charge is 0.331 e. The summed E-state index contributed by atoms with van der Waals surface area (Å²) in [5.41, 5.74) is 4.08. The normalized spacial score (nSPS) is 28.5. The van der Waals surface area contributed by atoms with Crippen molar-refractivity contribution >= 4 is 24.1 Å². The first-order chi connectivity index (χ1) is 11.6. The minimum Gasteiger partial charge on any atom is -0.467 e. The Balaban J connectivity index is 1.72. The number of carbonyl (C=O) groups is 3. The van der Waals surface area contributed by atoms with E-state index >= 15 is 0 Å². The summed E-state index contributed by atoms with van der Waals surface area (Å²) in [7, 11) is 0. The van der Waals surface area contributed by atoms with Crippen LogP contribution in [0.4, 0.5) is 4.79 Å². The van der Waals surface area contributed by atoms with E-state index in [0.29, 0.717) is 5.76 Å². The summed E-state index contributed by atoms with van der Waals surface area (Å²) in [5, 5.41) is 2.20. The third-order valence-electron chi connectivity index (χ3n) is 4.48. The summed E-state index contributed by atoms with van der Waals surface area (Å²) in [6.07, 6.45) is 6.94. The van der Waals surface area contributed by atoms with Crippen molar-refractivity contribution in [2.24, 2.45) is 10.9 Å². The van der Waals surface area contributed by atoms with Crippen molar-refractivity contribution in [1.29, 1.82) is 0 Å². The van der Waals surface area contributed by atoms with Gasteiger partial charge in [0.2, 0.25) is 11.8 Å². The molecule has 1 saturated heterocycles. The van der Waals surface area contributed by atoms with Gasteiger partial charge in [-0.05, 0) is 25.0 Å². The molecule has 4 N–H and O–H groups in total. The molecule has 1 aliphatic heterocycles. The van der Waals surface area contributed by atoms with Crippen LogP contribution in [0.1, 0.15) is 31.4 Å². The zero-order valence-electron chi connectivity index (χ0n) is 13.3. The van der Waals surface area contributed by atoms with Crippen molar-refractivity contribution in [1.82, 2.24) is 10.2 Å². The molecule has 3 atom stereocenters. The standard InChI is InChI=1S/C16H20N4O4/c17-12-5-1-2-6-13(12)18-8-11-14(21)19-16(23)20(15(11)22)9-10-4-3-7-24-10/h3-4,7-8,11-13H,1-2,5-6,9,17H2,(H,19,21,23)/p+1/t11-,12-,13+/m0/s1. The van der Waals surface area contributed by atoms with Crippen LogP contribution in [0.25, 0.3) is 0 Å². The van der Waals surface area contributed by atoms with Crippen molar-refractivity contribution in [2.45, 2.75) is 44.3 Å². The van der Waals surface area contributed by atoms with Gasteiger partial charge >= 0.3 is 6.03 Å². The van der Waals surface area contributed by atoms with Crippen LogP contribution < -0.4 is 11.1 Å². The predicted octanol–water partition coefficient (Wildman–Crippen LogP) is 0.0981. The number of furan rings is 1. The fourth-order valence-electron chi connectivity index (χ4n) is 3.05. The molecule has 0 bridgehead atoms. The highest BCUT2D eigenvalue weighted by molar-refractivity contribution is 6.23. The Morgan fingerprint density at radius 1 is 1.33 bits per heavy atom. The fourth-order valence-corrected chi connectivity index (χ4v) is 3.05. The quantitative estimate of drug-likeness (QED) is 0.599. The van der Waals surface area contributed by atoms with Crippen molar-refractivity contribution in [2.75, 3.05) is 0 Å². The van der Waals surface area contributed by atoms with Crippen LogP contribution in [0.15, 0.2) is 27.8 Å². The lowest BCUT2D eigenvalue weighted by Gasteiger charge is -2.28. The summed E-state index contributed by atoms with van der Waals surface area (Å²) in [6, 6.07) is 2.81. The Bertz CT molecular complexity index is 655. The maximum atomic E-state index is 12.5. The van der Waals surface area contributed by atoms with Gasteiger partial charge in [0.15, 0.2) is 5.92 Å². The maximum Gasteiger partial charge on any atom is 0.331 e. The molecule has 0 unspecified atom stereocenters. The fraction of sp³-hybridized carbons (Fsp3) is 0.500. The average molecular weight is 333 g/mol. The molecule has 4 amide bonds. The molecule has 1 aromatic rings. The lowest BCUT2D eigenvalue weighted by molar-refractivity contribution is -0.428. The minimum absolute atomic E-state index is 0.0172. The summed E-state index contributed by atoms with van der Waals surface area (Å²) >= 11 is 0. The van der Waals surface area contributed by atoms with Crippen LogP contribution in [-0.2, 0) is 16.1 Å². The molecule has 2 aliphatic rings. The average Bonchev–Trinajstić information content (AvgIpc) is 3.06. The molecule has 1 aliphatic carbocycles. The monoisotopic (exact) mass is 333 g/mol. The number of quaternary nitrogens is 1. The lowest BCUT2D eigenvalue weighted by Crippen LogP contribution is -2.66. The van der Waals surface area contributed by atoms with Gasteiger partial charge in [0, 0.05) is 12.6 Å². The number of rotatable bonds is 4. The second-order valence-electron chi connectivity index (χ2n) is 6.19. The Morgan fingerprint density at radius 2 is 2.12 bits per heavy atom. The van der Waals surface area contributed by atoms with Gasteiger partial charge < -0.3 is 10.2 Å². The third kappa shape index (κ3) is 3.38. The first kappa shape index (κ1) is 16.4. The number of aliphatic imine (C=N–C) groups is 1. The van der Waals surface area contributed by atoms with E-state index in [1.54, 1.807) is 12.1 Å². The van der Waals surface area contributed by atoms with Crippen molar-refractivity contribution < 1.29 is 24.5 Å². The molecular weight excluding hydrogens is 312 g/mol. The minimum atomic E-state index is -1.09. The van der Waals surface area contributed by atoms with Gasteiger partial charge in [-0.1, -0.05) is 6.42 Å². The molecule has 0 radical (unpaired) electrons. The second kappa shape index (κ2) is 6.96. The molecule has 1 aromatic heterocycles. The molecule has 0 aromatic carbocycles. The molecule has 1 saturated carbocycles. The number of urea groups is 1. The SMILES string of the molecule is [NH3+][C@H]1CCCC[C@H]1N=C[C@H]1C(=O)NC(=O)N(Cc2ccco2)C1=O. The van der Waals surface area contributed by atoms with E-state index in [4.69, 9.17) is 4.42 Å². The van der Waals surface area contributed by atoms with E-state index in [1.165, 1.54) is 12.5 Å². The maximum absolute atomic E-state index is 12.5. The highest BCUT2D eigenvalue weighted by Gasteiger charge is 2.40. The molecule has 2 fully saturated rings. The number of carbonyl (C=O) groups excluding carboxylic acids is 3. The van der Waals surface area contributed by atoms with Gasteiger partial charge in [0.1, 0.15) is 17.8 Å². The molecule has 2 heterocycles. The summed E-state index contributed by atoms with van der Waals surface area (Å²) in [4.78, 5) is 41.8. The van der Waals surface area contributed by atoms with Crippen LogP contribution in [0, 0.1) is 5.92 Å². The largest absolute Gasteiger partial charge is 0.467 e. The Labute approximate surface area is 139 Å². The zero-order valence-corrected chi connectivity index (χ0v) is 13.3. The van der Waals surface area contributed by atoms with E-state index in [2.05, 4.69) is 16.0 Å². The van der Waals surface area contributed by atoms with Crippen molar-refractivity contribution in [3.05, 3.63) is 24.2 Å². The van der Waals surface area contributed by atoms with Crippen LogP contribution in [0.2, 0.25) is 0 Å². The second-order valence-corrected chi connectivity index (χ2v) is 6.19. The lowest BCUT2D eigenvalue weighted by atomic mass is 9.91. The molecule has 8 nitrogen and oxygen atoms in total. The predicted molar refractivity (Wildman–Crippen MR) is 83.7 cm³/mol. The highest BCUT2D eigenvalue weighted by atomic mass is 16.3. The number of imide groups is 2. The number of hydrogen-bond acceptors (Lipinski definition) is 5. The third-order valence-corrected chi connectivity index (χ3v) is 4.48. The summed E-state index contributed by atoms with van der Waals surface area (Å²) in [5.74, 6) is -1.85. The first-order valence-corrected chi connectivity index (χ1v) is 8.11. The van der Waals surface area contributed by atoms with Gasteiger partial charge in [-0.3, -0.25) is 24.8 Å². The number of amides is 4. The first-order valence-electron chi connectivity index (χ1n) is 8.11.